The van der Waals surface area contributed by atoms with Gasteiger partial charge in [0.2, 0.25) is 5.91 Å². The van der Waals surface area contributed by atoms with Gasteiger partial charge in [-0.15, -0.1) is 0 Å². The highest BCUT2D eigenvalue weighted by molar-refractivity contribution is 5.87. The molecule has 6 N–H and O–H groups in total. The topological polar surface area (TPSA) is 118 Å². The summed E-state index contributed by atoms with van der Waals surface area (Å²) < 4.78 is 5.44. The largest absolute Gasteiger partial charge is 0.507 e. The molecule has 0 saturated carbocycles. The third-order valence-corrected chi connectivity index (χ3v) is 5.46. The number of aromatic nitrogens is 1. The van der Waals surface area contributed by atoms with E-state index in [-0.39, 0.29) is 11.7 Å². The molecule has 2 aliphatic heterocycles. The smallest absolute Gasteiger partial charge is 0.245 e. The second kappa shape index (κ2) is 10.0. The number of H-pyrrole nitrogens is 1. The number of nitrogen functional groups attached to an aromatic ring is 1. The summed E-state index contributed by atoms with van der Waals surface area (Å²) >= 11 is 0. The summed E-state index contributed by atoms with van der Waals surface area (Å²) in [6.07, 6.45) is 8.40. The number of hydrogen-bond acceptors (Lipinski definition) is 5. The van der Waals surface area contributed by atoms with E-state index in [1.165, 1.54) is 6.08 Å². The quantitative estimate of drug-likeness (QED) is 0.578. The minimum Gasteiger partial charge on any atom is -0.507 e. The third kappa shape index (κ3) is 5.04. The molecule has 2 aromatic rings. The fourth-order valence-electron chi connectivity index (χ4n) is 3.76. The number of nitrogens with one attached hydrogen (secondary N) is 1. The predicted molar refractivity (Wildman–Crippen MR) is 120 cm³/mol. The number of aromatic amines is 1. The van der Waals surface area contributed by atoms with Crippen LogP contribution in [0, 0.1) is 0 Å². The number of nitrogens with two attached hydrogens (primary N) is 2. The molecule has 0 bridgehead atoms. The van der Waals surface area contributed by atoms with Gasteiger partial charge in [0.15, 0.2) is 0 Å². The first-order valence-electron chi connectivity index (χ1n) is 10.2. The van der Waals surface area contributed by atoms with E-state index in [2.05, 4.69) is 11.6 Å². The summed E-state index contributed by atoms with van der Waals surface area (Å²) in [7, 11) is 0. The van der Waals surface area contributed by atoms with Crippen molar-refractivity contribution in [3.8, 4) is 5.75 Å². The Morgan fingerprint density at radius 2 is 2.03 bits per heavy atom. The molecular formula is C23H30N4O3. The van der Waals surface area contributed by atoms with Gasteiger partial charge in [-0.1, -0.05) is 18.7 Å². The van der Waals surface area contributed by atoms with Crippen LogP contribution >= 0.6 is 0 Å². The molecule has 7 nitrogen and oxygen atoms in total. The number of carbonyl (C=O) groups is 1. The van der Waals surface area contributed by atoms with Crippen molar-refractivity contribution in [3.05, 3.63) is 59.8 Å². The monoisotopic (exact) mass is 410 g/mol. The molecule has 2 fully saturated rings. The molecule has 3 heterocycles. The van der Waals surface area contributed by atoms with Crippen LogP contribution in [0.25, 0.3) is 11.8 Å². The van der Waals surface area contributed by atoms with Gasteiger partial charge < -0.3 is 31.2 Å². The van der Waals surface area contributed by atoms with Crippen molar-refractivity contribution in [1.29, 1.82) is 0 Å². The molecule has 1 atom stereocenters. The van der Waals surface area contributed by atoms with Crippen LogP contribution in [0.2, 0.25) is 0 Å². The Balaban J connectivity index is 0.000000239. The minimum atomic E-state index is 0.0764. The number of phenols is 1. The number of benzene rings is 1. The summed E-state index contributed by atoms with van der Waals surface area (Å²) in [6.45, 7) is 6.73. The van der Waals surface area contributed by atoms with Gasteiger partial charge in [-0.25, -0.2) is 0 Å². The second-order valence-corrected chi connectivity index (χ2v) is 7.49. The van der Waals surface area contributed by atoms with E-state index in [9.17, 15) is 9.90 Å². The molecule has 30 heavy (non-hydrogen) atoms. The van der Waals surface area contributed by atoms with Gasteiger partial charge in [-0.05, 0) is 49.1 Å². The lowest BCUT2D eigenvalue weighted by Gasteiger charge is -2.10. The maximum Gasteiger partial charge on any atom is 0.245 e. The van der Waals surface area contributed by atoms with Crippen molar-refractivity contribution in [3.63, 3.8) is 0 Å². The predicted octanol–water partition coefficient (Wildman–Crippen LogP) is 3.06. The van der Waals surface area contributed by atoms with Gasteiger partial charge in [0.25, 0.3) is 0 Å². The normalized spacial score (nSPS) is 18.7. The second-order valence-electron chi connectivity index (χ2n) is 7.49. The molecule has 0 aliphatic carbocycles. The number of anilines is 1. The number of nitrogens with zero attached hydrogens (tertiary/aromatic N) is 1. The highest BCUT2D eigenvalue weighted by Gasteiger charge is 2.22. The van der Waals surface area contributed by atoms with Gasteiger partial charge in [0, 0.05) is 48.6 Å². The standard InChI is InChI=1S/C16H19N3O2.C7H11NO/c17-14(11-3-1-2-4-15(11)20)7-12-13(8-19-16(12)18)10-5-6-21-9-10;1-2-7(9)8-5-3-4-6-8/h1-4,7-8,10,19-20H,5-6,9,17-18H2;2H,1,3-6H2/b14-7-;. The van der Waals surface area contributed by atoms with Gasteiger partial charge in [0.1, 0.15) is 11.6 Å². The van der Waals surface area contributed by atoms with E-state index >= 15 is 0 Å². The maximum atomic E-state index is 10.8. The molecule has 4 rings (SSSR count). The molecule has 2 aliphatic rings. The average Bonchev–Trinajstić information content (AvgIpc) is 3.51. The molecule has 0 radical (unpaired) electrons. The number of hydrogen-bond donors (Lipinski definition) is 4. The summed E-state index contributed by atoms with van der Waals surface area (Å²) in [5, 5.41) is 9.88. The Bertz CT molecular complexity index is 907. The van der Waals surface area contributed by atoms with Crippen molar-refractivity contribution in [1.82, 2.24) is 9.88 Å². The molecule has 160 valence electrons. The number of ether oxygens (including phenoxy) is 1. The van der Waals surface area contributed by atoms with Gasteiger partial charge in [-0.2, -0.15) is 0 Å². The van der Waals surface area contributed by atoms with Crippen molar-refractivity contribution in [2.75, 3.05) is 32.0 Å². The summed E-state index contributed by atoms with van der Waals surface area (Å²) in [5.41, 5.74) is 15.2. The number of carbonyl (C=O) groups excluding carboxylic acids is 1. The molecule has 1 amide bonds. The van der Waals surface area contributed by atoms with Crippen molar-refractivity contribution >= 4 is 23.5 Å². The number of likely N-dealkylation sites (tertiary alicyclic amines) is 1. The third-order valence-electron chi connectivity index (χ3n) is 5.46. The van der Waals surface area contributed by atoms with Crippen LogP contribution in [0.1, 0.15) is 41.9 Å². The molecule has 1 aromatic carbocycles. The van der Waals surface area contributed by atoms with Crippen LogP contribution in [0.15, 0.2) is 43.1 Å². The van der Waals surface area contributed by atoms with E-state index in [4.69, 9.17) is 16.2 Å². The molecule has 2 saturated heterocycles. The summed E-state index contributed by atoms with van der Waals surface area (Å²) in [5.74, 6) is 1.15. The van der Waals surface area contributed by atoms with E-state index in [1.807, 2.05) is 23.2 Å². The Kier molecular flexibility index (Phi) is 7.19. The van der Waals surface area contributed by atoms with Crippen molar-refractivity contribution < 1.29 is 14.6 Å². The molecule has 7 heteroatoms. The fourth-order valence-corrected chi connectivity index (χ4v) is 3.76. The number of amides is 1. The highest BCUT2D eigenvalue weighted by Crippen LogP contribution is 2.33. The first-order valence-corrected chi connectivity index (χ1v) is 10.2. The van der Waals surface area contributed by atoms with E-state index < -0.39 is 0 Å². The SMILES string of the molecule is C=CC(=O)N1CCCC1.N/C(=C\c1c(C2CCOC2)c[nH]c1N)c1ccccc1O. The van der Waals surface area contributed by atoms with Crippen LogP contribution in [0.5, 0.6) is 5.75 Å². The zero-order valence-corrected chi connectivity index (χ0v) is 17.1. The Morgan fingerprint density at radius 3 is 2.67 bits per heavy atom. The fraction of sp³-hybridized carbons (Fsp3) is 0.348. The van der Waals surface area contributed by atoms with E-state index in [1.54, 1.807) is 18.2 Å². The van der Waals surface area contributed by atoms with Crippen LogP contribution in [0.3, 0.4) is 0 Å². The van der Waals surface area contributed by atoms with Gasteiger partial charge in [-0.3, -0.25) is 4.79 Å². The first kappa shape index (κ1) is 21.5. The number of para-hydroxylation sites is 1. The lowest BCUT2D eigenvalue weighted by molar-refractivity contribution is -0.124. The zero-order valence-electron chi connectivity index (χ0n) is 17.1. The Hall–Kier alpha value is -3.19. The summed E-state index contributed by atoms with van der Waals surface area (Å²) in [6, 6.07) is 6.99. The highest BCUT2D eigenvalue weighted by atomic mass is 16.5. The van der Waals surface area contributed by atoms with E-state index in [0.717, 1.165) is 50.1 Å². The number of aromatic hydroxyl groups is 1. The first-order chi connectivity index (χ1) is 14.5. The lowest BCUT2D eigenvalue weighted by atomic mass is 9.96. The lowest BCUT2D eigenvalue weighted by Crippen LogP contribution is -2.25. The Morgan fingerprint density at radius 1 is 1.30 bits per heavy atom. The van der Waals surface area contributed by atoms with Gasteiger partial charge >= 0.3 is 0 Å². The van der Waals surface area contributed by atoms with E-state index in [0.29, 0.717) is 29.6 Å². The van der Waals surface area contributed by atoms with Crippen molar-refractivity contribution in [2.45, 2.75) is 25.2 Å². The Labute approximate surface area is 177 Å². The number of rotatable bonds is 4. The van der Waals surface area contributed by atoms with Crippen LogP contribution in [0.4, 0.5) is 5.82 Å². The molecule has 1 unspecified atom stereocenters. The molecule has 0 spiro atoms. The maximum absolute atomic E-state index is 10.8. The average molecular weight is 411 g/mol. The van der Waals surface area contributed by atoms with Crippen molar-refractivity contribution in [2.24, 2.45) is 5.73 Å². The van der Waals surface area contributed by atoms with Crippen LogP contribution in [-0.2, 0) is 9.53 Å². The molecular weight excluding hydrogens is 380 g/mol. The van der Waals surface area contributed by atoms with Crippen LogP contribution in [-0.4, -0.2) is 47.2 Å². The van der Waals surface area contributed by atoms with Crippen LogP contribution < -0.4 is 11.5 Å². The number of phenolic OH excluding ortho intramolecular Hbond substituents is 1. The minimum absolute atomic E-state index is 0.0764. The zero-order chi connectivity index (χ0) is 21.5. The molecule has 1 aromatic heterocycles. The van der Waals surface area contributed by atoms with Gasteiger partial charge in [0.05, 0.1) is 6.61 Å². The summed E-state index contributed by atoms with van der Waals surface area (Å²) in [4.78, 5) is 15.7.